The number of unbranched alkanes of at least 4 members (excludes halogenated alkanes) is 4. The van der Waals surface area contributed by atoms with Crippen molar-refractivity contribution in [3.8, 4) is 0 Å². The van der Waals surface area contributed by atoms with Crippen LogP contribution in [0.4, 0.5) is 0 Å². The van der Waals surface area contributed by atoms with E-state index in [0.29, 0.717) is 6.54 Å². The molecule has 3 atom stereocenters. The van der Waals surface area contributed by atoms with Crippen molar-refractivity contribution in [2.75, 3.05) is 26.2 Å². The SMILES string of the molecule is CCCCCC/C=C/[N+](CCO)(CC(C)C(=O)[O-])CC(C)C(=O)O. The highest BCUT2D eigenvalue weighted by molar-refractivity contribution is 5.69. The Bertz CT molecular complexity index is 386. The van der Waals surface area contributed by atoms with E-state index in [2.05, 4.69) is 6.92 Å². The minimum Gasteiger partial charge on any atom is -0.550 e. The molecule has 0 heterocycles. The van der Waals surface area contributed by atoms with Crippen LogP contribution in [0.1, 0.15) is 52.9 Å². The number of allylic oxidation sites excluding steroid dienone is 1. The summed E-state index contributed by atoms with van der Waals surface area (Å²) in [5.41, 5.74) is 0. The Morgan fingerprint density at radius 3 is 2.25 bits per heavy atom. The van der Waals surface area contributed by atoms with Crippen molar-refractivity contribution < 1.29 is 29.4 Å². The fourth-order valence-corrected chi connectivity index (χ4v) is 2.88. The van der Waals surface area contributed by atoms with Crippen LogP contribution in [0.2, 0.25) is 0 Å². The second kappa shape index (κ2) is 12.0. The van der Waals surface area contributed by atoms with Crippen LogP contribution in [0.15, 0.2) is 12.3 Å². The normalized spacial score (nSPS) is 16.7. The van der Waals surface area contributed by atoms with E-state index in [4.69, 9.17) is 0 Å². The lowest BCUT2D eigenvalue weighted by molar-refractivity contribution is -0.884. The molecule has 0 radical (unpaired) electrons. The molecule has 24 heavy (non-hydrogen) atoms. The van der Waals surface area contributed by atoms with E-state index in [1.165, 1.54) is 6.42 Å². The molecule has 6 heteroatoms. The Hall–Kier alpha value is -1.40. The Balaban J connectivity index is 5.13. The smallest absolute Gasteiger partial charge is 0.311 e. The van der Waals surface area contributed by atoms with E-state index >= 15 is 0 Å². The van der Waals surface area contributed by atoms with Gasteiger partial charge in [-0.05, 0) is 25.8 Å². The highest BCUT2D eigenvalue weighted by atomic mass is 16.4. The van der Waals surface area contributed by atoms with Crippen LogP contribution in [0.5, 0.6) is 0 Å². The number of hydrogen-bond acceptors (Lipinski definition) is 4. The zero-order valence-electron chi connectivity index (χ0n) is 15.2. The summed E-state index contributed by atoms with van der Waals surface area (Å²) in [6.07, 6.45) is 9.26. The van der Waals surface area contributed by atoms with Gasteiger partial charge in [0.05, 0.1) is 25.9 Å². The Labute approximate surface area is 145 Å². The maximum atomic E-state index is 11.2. The van der Waals surface area contributed by atoms with Crippen molar-refractivity contribution in [3.05, 3.63) is 12.3 Å². The first-order valence-electron chi connectivity index (χ1n) is 8.86. The summed E-state index contributed by atoms with van der Waals surface area (Å²) in [5, 5.41) is 29.7. The summed E-state index contributed by atoms with van der Waals surface area (Å²) in [4.78, 5) is 22.3. The van der Waals surface area contributed by atoms with Gasteiger partial charge in [-0.25, -0.2) is 0 Å². The van der Waals surface area contributed by atoms with Crippen LogP contribution in [0.25, 0.3) is 0 Å². The first-order chi connectivity index (χ1) is 11.3. The number of nitrogens with zero attached hydrogens (tertiary/aromatic N) is 1. The van der Waals surface area contributed by atoms with Crippen molar-refractivity contribution >= 4 is 11.9 Å². The van der Waals surface area contributed by atoms with Crippen LogP contribution in [0.3, 0.4) is 0 Å². The van der Waals surface area contributed by atoms with Gasteiger partial charge in [0.2, 0.25) is 0 Å². The number of rotatable bonds is 14. The number of carbonyl (C=O) groups is 2. The van der Waals surface area contributed by atoms with Crippen LogP contribution >= 0.6 is 0 Å². The average Bonchev–Trinajstić information content (AvgIpc) is 2.50. The van der Waals surface area contributed by atoms with E-state index in [1.54, 1.807) is 13.8 Å². The molecule has 0 saturated heterocycles. The second-order valence-corrected chi connectivity index (χ2v) is 6.72. The maximum absolute atomic E-state index is 11.2. The summed E-state index contributed by atoms with van der Waals surface area (Å²) in [5.74, 6) is -3.43. The molecule has 0 aromatic rings. The number of hydrogen-bond donors (Lipinski definition) is 2. The number of aliphatic hydroxyl groups is 1. The minimum atomic E-state index is -1.16. The van der Waals surface area contributed by atoms with Crippen molar-refractivity contribution in [2.24, 2.45) is 11.8 Å². The second-order valence-electron chi connectivity index (χ2n) is 6.72. The fraction of sp³-hybridized carbons (Fsp3) is 0.778. The number of carboxylic acid groups (broad SMARTS) is 2. The van der Waals surface area contributed by atoms with Crippen LogP contribution in [0, 0.1) is 11.8 Å². The molecular weight excluding hydrogens is 310 g/mol. The topological polar surface area (TPSA) is 97.7 Å². The van der Waals surface area contributed by atoms with Crippen molar-refractivity contribution in [2.45, 2.75) is 52.9 Å². The van der Waals surface area contributed by atoms with E-state index in [1.807, 2.05) is 12.3 Å². The highest BCUT2D eigenvalue weighted by Crippen LogP contribution is 2.18. The summed E-state index contributed by atoms with van der Waals surface area (Å²) in [7, 11) is 0. The molecule has 0 aromatic carbocycles. The highest BCUT2D eigenvalue weighted by Gasteiger charge is 2.32. The number of quaternary nitrogens is 1. The molecule has 0 spiro atoms. The van der Waals surface area contributed by atoms with Gasteiger partial charge in [0.15, 0.2) is 0 Å². The van der Waals surface area contributed by atoms with Gasteiger partial charge in [-0.2, -0.15) is 0 Å². The molecule has 0 aliphatic heterocycles. The summed E-state index contributed by atoms with van der Waals surface area (Å²) in [6, 6.07) is 0. The van der Waals surface area contributed by atoms with E-state index in [0.717, 1.165) is 25.7 Å². The summed E-state index contributed by atoms with van der Waals surface area (Å²) in [6.45, 7) is 5.93. The van der Waals surface area contributed by atoms with E-state index in [-0.39, 0.29) is 24.2 Å². The molecule has 0 amide bonds. The lowest BCUT2D eigenvalue weighted by Crippen LogP contribution is -2.53. The van der Waals surface area contributed by atoms with Gasteiger partial charge in [0.25, 0.3) is 0 Å². The van der Waals surface area contributed by atoms with Crippen LogP contribution in [-0.4, -0.2) is 52.9 Å². The number of carboxylic acids is 2. The van der Waals surface area contributed by atoms with Crippen molar-refractivity contribution in [3.63, 3.8) is 0 Å². The van der Waals surface area contributed by atoms with Gasteiger partial charge in [0, 0.05) is 11.9 Å². The summed E-state index contributed by atoms with van der Waals surface area (Å²) < 4.78 is 0.146. The molecule has 0 saturated carbocycles. The van der Waals surface area contributed by atoms with Gasteiger partial charge in [0.1, 0.15) is 12.5 Å². The Morgan fingerprint density at radius 1 is 1.12 bits per heavy atom. The van der Waals surface area contributed by atoms with Gasteiger partial charge < -0.3 is 20.1 Å². The molecule has 0 aliphatic rings. The largest absolute Gasteiger partial charge is 0.550 e. The molecule has 0 aromatic heterocycles. The standard InChI is InChI=1S/C18H33NO5/c1-4-5-6-7-8-9-10-19(11-12-20,13-15(2)17(21)22)14-16(3)18(23)24/h9-10,15-16,20H,4-8,11-14H2,1-3H3,(H-,21,22,23,24)/b10-9+. The Kier molecular flexibility index (Phi) is 11.3. The Morgan fingerprint density at radius 2 is 1.75 bits per heavy atom. The molecule has 140 valence electrons. The lowest BCUT2D eigenvalue weighted by Gasteiger charge is -2.38. The minimum absolute atomic E-state index is 0.133. The first-order valence-corrected chi connectivity index (χ1v) is 8.86. The quantitative estimate of drug-likeness (QED) is 0.367. The third-order valence-corrected chi connectivity index (χ3v) is 4.29. The molecule has 0 bridgehead atoms. The third kappa shape index (κ3) is 9.03. The average molecular weight is 343 g/mol. The maximum Gasteiger partial charge on any atom is 0.311 e. The van der Waals surface area contributed by atoms with E-state index in [9.17, 15) is 24.9 Å². The van der Waals surface area contributed by atoms with Gasteiger partial charge in [-0.3, -0.25) is 9.28 Å². The predicted octanol–water partition coefficient (Wildman–Crippen LogP) is 1.39. The zero-order chi connectivity index (χ0) is 18.6. The fourth-order valence-electron chi connectivity index (χ4n) is 2.88. The molecule has 6 nitrogen and oxygen atoms in total. The molecule has 0 rings (SSSR count). The van der Waals surface area contributed by atoms with Crippen molar-refractivity contribution in [1.29, 1.82) is 0 Å². The number of carbonyl (C=O) groups excluding carboxylic acids is 1. The van der Waals surface area contributed by atoms with Crippen LogP contribution in [-0.2, 0) is 9.59 Å². The monoisotopic (exact) mass is 343 g/mol. The van der Waals surface area contributed by atoms with Crippen LogP contribution < -0.4 is 5.11 Å². The number of aliphatic carboxylic acids is 2. The molecule has 0 aliphatic carbocycles. The summed E-state index contributed by atoms with van der Waals surface area (Å²) >= 11 is 0. The van der Waals surface area contributed by atoms with Crippen molar-refractivity contribution in [1.82, 2.24) is 0 Å². The molecular formula is C18H33NO5. The zero-order valence-corrected chi connectivity index (χ0v) is 15.2. The first kappa shape index (κ1) is 22.6. The predicted molar refractivity (Wildman–Crippen MR) is 90.8 cm³/mol. The van der Waals surface area contributed by atoms with Gasteiger partial charge >= 0.3 is 5.97 Å². The van der Waals surface area contributed by atoms with Gasteiger partial charge in [-0.1, -0.05) is 33.1 Å². The third-order valence-electron chi connectivity index (χ3n) is 4.29. The van der Waals surface area contributed by atoms with E-state index < -0.39 is 23.8 Å². The van der Waals surface area contributed by atoms with Gasteiger partial charge in [-0.15, -0.1) is 0 Å². The number of aliphatic hydroxyl groups excluding tert-OH is 1. The molecule has 0 fully saturated rings. The molecule has 2 N–H and O–H groups in total. The molecule has 3 unspecified atom stereocenters. The lowest BCUT2D eigenvalue weighted by atomic mass is 10.1.